The van der Waals surface area contributed by atoms with Gasteiger partial charge in [0.2, 0.25) is 0 Å². The Hall–Kier alpha value is -2.79. The van der Waals surface area contributed by atoms with E-state index < -0.39 is 0 Å². The molecule has 4 aromatic rings. The number of aromatic amines is 2. The van der Waals surface area contributed by atoms with Crippen LogP contribution in [0.5, 0.6) is 0 Å². The molecule has 5 nitrogen and oxygen atoms in total. The summed E-state index contributed by atoms with van der Waals surface area (Å²) in [6.45, 7) is 0.846. The highest BCUT2D eigenvalue weighted by atomic mass is 35.5. The second-order valence-electron chi connectivity index (χ2n) is 7.88. The second kappa shape index (κ2) is 7.56. The molecule has 2 aromatic heterocycles. The molecule has 2 heterocycles. The molecule has 1 aliphatic carbocycles. The third-order valence-corrected chi connectivity index (χ3v) is 6.13. The SMILES string of the molecule is O=c1[nH]c2ccc(Cl)cc2c(NCC2CCCCC2)c1-c1nc2ccccc2[nH]1. The van der Waals surface area contributed by atoms with Crippen LogP contribution < -0.4 is 10.9 Å². The van der Waals surface area contributed by atoms with Gasteiger partial charge >= 0.3 is 0 Å². The Morgan fingerprint density at radius 1 is 1.03 bits per heavy atom. The summed E-state index contributed by atoms with van der Waals surface area (Å²) >= 11 is 6.30. The molecular formula is C23H23ClN4O. The van der Waals surface area contributed by atoms with Gasteiger partial charge in [0.1, 0.15) is 11.4 Å². The van der Waals surface area contributed by atoms with Crippen molar-refractivity contribution in [1.82, 2.24) is 15.0 Å². The number of halogens is 1. The van der Waals surface area contributed by atoms with Gasteiger partial charge in [-0.3, -0.25) is 4.79 Å². The van der Waals surface area contributed by atoms with Crippen LogP contribution in [-0.2, 0) is 0 Å². The summed E-state index contributed by atoms with van der Waals surface area (Å²) < 4.78 is 0. The van der Waals surface area contributed by atoms with Crippen molar-refractivity contribution in [2.45, 2.75) is 32.1 Å². The van der Waals surface area contributed by atoms with Gasteiger partial charge in [-0.15, -0.1) is 0 Å². The minimum absolute atomic E-state index is 0.162. The number of hydrogen-bond donors (Lipinski definition) is 3. The van der Waals surface area contributed by atoms with Crippen LogP contribution in [0.4, 0.5) is 5.69 Å². The van der Waals surface area contributed by atoms with E-state index >= 15 is 0 Å². The van der Waals surface area contributed by atoms with E-state index in [1.165, 1.54) is 32.1 Å². The lowest BCUT2D eigenvalue weighted by molar-refractivity contribution is 0.373. The first kappa shape index (κ1) is 18.3. The summed E-state index contributed by atoms with van der Waals surface area (Å²) in [4.78, 5) is 24.1. The van der Waals surface area contributed by atoms with Crippen molar-refractivity contribution >= 4 is 39.2 Å². The summed E-state index contributed by atoms with van der Waals surface area (Å²) in [7, 11) is 0. The summed E-state index contributed by atoms with van der Waals surface area (Å²) in [5, 5.41) is 5.14. The highest BCUT2D eigenvalue weighted by Gasteiger charge is 2.20. The largest absolute Gasteiger partial charge is 0.383 e. The van der Waals surface area contributed by atoms with E-state index in [-0.39, 0.29) is 5.56 Å². The fourth-order valence-corrected chi connectivity index (χ4v) is 4.56. The van der Waals surface area contributed by atoms with Crippen LogP contribution in [-0.4, -0.2) is 21.5 Å². The Morgan fingerprint density at radius 3 is 2.69 bits per heavy atom. The van der Waals surface area contributed by atoms with E-state index in [0.717, 1.165) is 34.2 Å². The summed E-state index contributed by atoms with van der Waals surface area (Å²) in [5.74, 6) is 1.20. The van der Waals surface area contributed by atoms with E-state index in [2.05, 4.69) is 20.3 Å². The average molecular weight is 407 g/mol. The predicted molar refractivity (Wildman–Crippen MR) is 120 cm³/mol. The van der Waals surface area contributed by atoms with Gasteiger partial charge in [0.15, 0.2) is 0 Å². The standard InChI is InChI=1S/C23H23ClN4O/c24-15-10-11-17-16(12-15)21(25-13-14-6-2-1-3-7-14)20(23(29)28-17)22-26-18-8-4-5-9-19(18)27-22/h4-5,8-12,14H,1-3,6-7,13H2,(H,26,27)(H2,25,28,29). The van der Waals surface area contributed by atoms with Gasteiger partial charge in [0.25, 0.3) is 5.56 Å². The molecule has 1 saturated carbocycles. The third-order valence-electron chi connectivity index (χ3n) is 5.89. The molecule has 0 amide bonds. The van der Waals surface area contributed by atoms with Crippen molar-refractivity contribution < 1.29 is 0 Å². The van der Waals surface area contributed by atoms with Crippen LogP contribution in [0.25, 0.3) is 33.3 Å². The monoisotopic (exact) mass is 406 g/mol. The minimum Gasteiger partial charge on any atom is -0.383 e. The van der Waals surface area contributed by atoms with Crippen LogP contribution in [0.15, 0.2) is 47.3 Å². The van der Waals surface area contributed by atoms with Gasteiger partial charge in [-0.2, -0.15) is 0 Å². The number of anilines is 1. The number of fused-ring (bicyclic) bond motifs is 2. The number of rotatable bonds is 4. The maximum Gasteiger partial charge on any atom is 0.261 e. The molecule has 0 aliphatic heterocycles. The van der Waals surface area contributed by atoms with Crippen molar-refractivity contribution in [1.29, 1.82) is 0 Å². The van der Waals surface area contributed by atoms with Crippen LogP contribution >= 0.6 is 11.6 Å². The van der Waals surface area contributed by atoms with Gasteiger partial charge in [-0.05, 0) is 49.1 Å². The van der Waals surface area contributed by atoms with Crippen LogP contribution in [0.3, 0.4) is 0 Å². The molecule has 148 valence electrons. The number of aromatic nitrogens is 3. The molecule has 2 aromatic carbocycles. The number of imidazole rings is 1. The topological polar surface area (TPSA) is 73.6 Å². The summed E-state index contributed by atoms with van der Waals surface area (Å²) in [6.07, 6.45) is 6.35. The minimum atomic E-state index is -0.162. The van der Waals surface area contributed by atoms with E-state index in [1.54, 1.807) is 6.07 Å². The summed E-state index contributed by atoms with van der Waals surface area (Å²) in [6, 6.07) is 13.4. The maximum atomic E-state index is 13.1. The third kappa shape index (κ3) is 3.51. The Balaban J connectivity index is 1.66. The van der Waals surface area contributed by atoms with Crippen molar-refractivity contribution in [3.8, 4) is 11.4 Å². The first-order valence-electron chi connectivity index (χ1n) is 10.2. The molecule has 3 N–H and O–H groups in total. The molecule has 5 rings (SSSR count). The Morgan fingerprint density at radius 2 is 1.86 bits per heavy atom. The number of nitrogens with zero attached hydrogens (tertiary/aromatic N) is 1. The molecule has 0 unspecified atom stereocenters. The fourth-order valence-electron chi connectivity index (χ4n) is 4.38. The molecule has 29 heavy (non-hydrogen) atoms. The molecular weight excluding hydrogens is 384 g/mol. The smallest absolute Gasteiger partial charge is 0.261 e. The molecule has 0 bridgehead atoms. The Bertz CT molecular complexity index is 1200. The number of benzene rings is 2. The van der Waals surface area contributed by atoms with E-state index in [0.29, 0.717) is 22.3 Å². The van der Waals surface area contributed by atoms with E-state index in [1.807, 2.05) is 36.4 Å². The number of para-hydroxylation sites is 2. The van der Waals surface area contributed by atoms with Crippen LogP contribution in [0.1, 0.15) is 32.1 Å². The second-order valence-corrected chi connectivity index (χ2v) is 8.32. The lowest BCUT2D eigenvalue weighted by Gasteiger charge is -2.23. The number of hydrogen-bond acceptors (Lipinski definition) is 3. The first-order chi connectivity index (χ1) is 14.2. The van der Waals surface area contributed by atoms with Crippen molar-refractivity contribution in [2.24, 2.45) is 5.92 Å². The maximum absolute atomic E-state index is 13.1. The van der Waals surface area contributed by atoms with Gasteiger partial charge in [-0.1, -0.05) is 43.0 Å². The molecule has 1 aliphatic rings. The number of pyridine rings is 1. The summed E-state index contributed by atoms with van der Waals surface area (Å²) in [5.41, 5.74) is 3.69. The first-order valence-corrected chi connectivity index (χ1v) is 10.6. The molecule has 0 saturated heterocycles. The predicted octanol–water partition coefficient (Wildman–Crippen LogP) is 5.72. The molecule has 0 atom stereocenters. The van der Waals surface area contributed by atoms with Gasteiger partial charge in [0, 0.05) is 17.0 Å². The molecule has 6 heteroatoms. The zero-order valence-electron chi connectivity index (χ0n) is 16.1. The normalized spacial score (nSPS) is 15.2. The van der Waals surface area contributed by atoms with E-state index in [4.69, 9.17) is 11.6 Å². The average Bonchev–Trinajstić information content (AvgIpc) is 3.16. The van der Waals surface area contributed by atoms with Crippen molar-refractivity contribution in [2.75, 3.05) is 11.9 Å². The van der Waals surface area contributed by atoms with E-state index in [9.17, 15) is 4.79 Å². The molecule has 1 fully saturated rings. The highest BCUT2D eigenvalue weighted by Crippen LogP contribution is 2.33. The van der Waals surface area contributed by atoms with Gasteiger partial charge in [0.05, 0.1) is 22.2 Å². The Kier molecular flexibility index (Phi) is 4.76. The zero-order valence-corrected chi connectivity index (χ0v) is 16.9. The highest BCUT2D eigenvalue weighted by molar-refractivity contribution is 6.31. The molecule has 0 radical (unpaired) electrons. The van der Waals surface area contributed by atoms with Gasteiger partial charge < -0.3 is 15.3 Å². The lowest BCUT2D eigenvalue weighted by atomic mass is 9.89. The quantitative estimate of drug-likeness (QED) is 0.406. The Labute approximate surface area is 173 Å². The zero-order chi connectivity index (χ0) is 19.8. The number of nitrogens with one attached hydrogen (secondary N) is 3. The fraction of sp³-hybridized carbons (Fsp3) is 0.304. The van der Waals surface area contributed by atoms with Crippen molar-refractivity contribution in [3.63, 3.8) is 0 Å². The van der Waals surface area contributed by atoms with Crippen LogP contribution in [0.2, 0.25) is 5.02 Å². The number of H-pyrrole nitrogens is 2. The van der Waals surface area contributed by atoms with Gasteiger partial charge in [-0.25, -0.2) is 4.98 Å². The van der Waals surface area contributed by atoms with Crippen LogP contribution in [0, 0.1) is 5.92 Å². The molecule has 0 spiro atoms. The van der Waals surface area contributed by atoms with Crippen molar-refractivity contribution in [3.05, 3.63) is 57.8 Å². The lowest BCUT2D eigenvalue weighted by Crippen LogP contribution is -2.20.